The van der Waals surface area contributed by atoms with E-state index in [-0.39, 0.29) is 5.91 Å². The lowest BCUT2D eigenvalue weighted by Gasteiger charge is -2.22. The van der Waals surface area contributed by atoms with Crippen molar-refractivity contribution in [3.05, 3.63) is 12.3 Å². The third kappa shape index (κ3) is 2.37. The van der Waals surface area contributed by atoms with E-state index in [1.165, 1.54) is 0 Å². The van der Waals surface area contributed by atoms with Crippen LogP contribution >= 0.6 is 0 Å². The minimum atomic E-state index is 0.279. The molecule has 0 N–H and O–H groups in total. The third-order valence-electron chi connectivity index (χ3n) is 1.88. The molecule has 1 amide bonds. The zero-order chi connectivity index (χ0) is 8.10. The fourth-order valence-corrected chi connectivity index (χ4v) is 1.22. The maximum absolute atomic E-state index is 11.2. The smallest absolute Gasteiger partial charge is 0.226 e. The number of nitrogens with zero attached hydrogens (tertiary/aromatic N) is 1. The number of rotatable bonds is 2. The SMILES string of the molecule is CCC=CN1CCCCC1=O. The van der Waals surface area contributed by atoms with E-state index in [9.17, 15) is 4.79 Å². The number of allylic oxidation sites excluding steroid dienone is 1. The normalized spacial score (nSPS) is 19.7. The molecule has 1 fully saturated rings. The van der Waals surface area contributed by atoms with E-state index in [1.54, 1.807) is 0 Å². The quantitative estimate of drug-likeness (QED) is 0.593. The Kier molecular flexibility index (Phi) is 3.14. The van der Waals surface area contributed by atoms with Crippen molar-refractivity contribution in [2.24, 2.45) is 0 Å². The first kappa shape index (κ1) is 8.31. The standard InChI is InChI=1S/C9H15NO/c1-2-3-7-10-8-5-4-6-9(10)11/h3,7H,2,4-6,8H2,1H3. The maximum atomic E-state index is 11.2. The van der Waals surface area contributed by atoms with E-state index in [0.29, 0.717) is 0 Å². The predicted octanol–water partition coefficient (Wildman–Crippen LogP) is 1.92. The summed E-state index contributed by atoms with van der Waals surface area (Å²) in [4.78, 5) is 13.0. The van der Waals surface area contributed by atoms with Gasteiger partial charge < -0.3 is 4.90 Å². The van der Waals surface area contributed by atoms with Crippen LogP contribution in [0.1, 0.15) is 32.6 Å². The van der Waals surface area contributed by atoms with Gasteiger partial charge in [-0.1, -0.05) is 13.0 Å². The lowest BCUT2D eigenvalue weighted by atomic mass is 10.1. The average molecular weight is 153 g/mol. The molecule has 0 bridgehead atoms. The number of likely N-dealkylation sites (tertiary alicyclic amines) is 1. The summed E-state index contributed by atoms with van der Waals surface area (Å²) >= 11 is 0. The molecule has 1 rings (SSSR count). The van der Waals surface area contributed by atoms with Gasteiger partial charge in [-0.05, 0) is 19.3 Å². The molecule has 0 unspecified atom stereocenters. The van der Waals surface area contributed by atoms with Crippen LogP contribution in [0.2, 0.25) is 0 Å². The Hall–Kier alpha value is -0.790. The highest BCUT2D eigenvalue weighted by atomic mass is 16.2. The van der Waals surface area contributed by atoms with Gasteiger partial charge in [-0.3, -0.25) is 4.79 Å². The van der Waals surface area contributed by atoms with E-state index in [1.807, 2.05) is 17.2 Å². The molecule has 11 heavy (non-hydrogen) atoms. The second-order valence-electron chi connectivity index (χ2n) is 2.84. The van der Waals surface area contributed by atoms with Gasteiger partial charge in [0.15, 0.2) is 0 Å². The monoisotopic (exact) mass is 153 g/mol. The Labute approximate surface area is 67.9 Å². The van der Waals surface area contributed by atoms with Crippen LogP contribution in [-0.4, -0.2) is 17.4 Å². The number of hydrogen-bond donors (Lipinski definition) is 0. The van der Waals surface area contributed by atoms with Gasteiger partial charge in [-0.25, -0.2) is 0 Å². The molecule has 0 saturated carbocycles. The first-order chi connectivity index (χ1) is 5.34. The zero-order valence-electron chi connectivity index (χ0n) is 7.05. The van der Waals surface area contributed by atoms with Crippen molar-refractivity contribution in [3.63, 3.8) is 0 Å². The van der Waals surface area contributed by atoms with Crippen LogP contribution in [0, 0.1) is 0 Å². The highest BCUT2D eigenvalue weighted by Gasteiger charge is 2.14. The number of carbonyl (C=O) groups excluding carboxylic acids is 1. The molecule has 1 aliphatic rings. The average Bonchev–Trinajstić information content (AvgIpc) is 2.03. The van der Waals surface area contributed by atoms with Crippen LogP contribution < -0.4 is 0 Å². The van der Waals surface area contributed by atoms with Gasteiger partial charge in [0.2, 0.25) is 5.91 Å². The van der Waals surface area contributed by atoms with E-state index < -0.39 is 0 Å². The topological polar surface area (TPSA) is 20.3 Å². The molecule has 0 atom stereocenters. The van der Waals surface area contributed by atoms with Crippen LogP contribution in [0.15, 0.2) is 12.3 Å². The molecule has 0 aromatic carbocycles. The lowest BCUT2D eigenvalue weighted by Crippen LogP contribution is -2.30. The summed E-state index contributed by atoms with van der Waals surface area (Å²) in [5, 5.41) is 0. The van der Waals surface area contributed by atoms with Gasteiger partial charge in [0.25, 0.3) is 0 Å². The van der Waals surface area contributed by atoms with Crippen molar-refractivity contribution >= 4 is 5.91 Å². The number of hydrogen-bond acceptors (Lipinski definition) is 1. The van der Waals surface area contributed by atoms with Crippen LogP contribution in [-0.2, 0) is 4.79 Å². The number of piperidine rings is 1. The summed E-state index contributed by atoms with van der Waals surface area (Å²) in [7, 11) is 0. The first-order valence-electron chi connectivity index (χ1n) is 4.30. The molecule has 0 radical (unpaired) electrons. The molecule has 1 saturated heterocycles. The largest absolute Gasteiger partial charge is 0.319 e. The Morgan fingerprint density at radius 3 is 3.00 bits per heavy atom. The Morgan fingerprint density at radius 1 is 1.55 bits per heavy atom. The van der Waals surface area contributed by atoms with Gasteiger partial charge >= 0.3 is 0 Å². The van der Waals surface area contributed by atoms with E-state index in [4.69, 9.17) is 0 Å². The molecule has 62 valence electrons. The molecule has 0 aliphatic carbocycles. The van der Waals surface area contributed by atoms with Crippen molar-refractivity contribution < 1.29 is 4.79 Å². The number of carbonyl (C=O) groups is 1. The first-order valence-corrected chi connectivity index (χ1v) is 4.30. The third-order valence-corrected chi connectivity index (χ3v) is 1.88. The van der Waals surface area contributed by atoms with Crippen molar-refractivity contribution in [3.8, 4) is 0 Å². The molecular weight excluding hydrogens is 138 g/mol. The molecular formula is C9H15NO. The van der Waals surface area contributed by atoms with Gasteiger partial charge in [-0.2, -0.15) is 0 Å². The molecule has 0 aromatic rings. The summed E-state index contributed by atoms with van der Waals surface area (Å²) in [6, 6.07) is 0. The summed E-state index contributed by atoms with van der Waals surface area (Å²) in [5.41, 5.74) is 0. The fourth-order valence-electron chi connectivity index (χ4n) is 1.22. The van der Waals surface area contributed by atoms with E-state index >= 15 is 0 Å². The molecule has 1 heterocycles. The van der Waals surface area contributed by atoms with E-state index in [0.717, 1.165) is 32.2 Å². The molecule has 2 heteroatoms. The molecule has 0 spiro atoms. The van der Waals surface area contributed by atoms with Gasteiger partial charge in [0.05, 0.1) is 0 Å². The van der Waals surface area contributed by atoms with Crippen LogP contribution in [0.4, 0.5) is 0 Å². The summed E-state index contributed by atoms with van der Waals surface area (Å²) in [6.45, 7) is 2.99. The summed E-state index contributed by atoms with van der Waals surface area (Å²) in [5.74, 6) is 0.279. The fraction of sp³-hybridized carbons (Fsp3) is 0.667. The van der Waals surface area contributed by atoms with Crippen LogP contribution in [0.5, 0.6) is 0 Å². The Bertz CT molecular complexity index is 163. The lowest BCUT2D eigenvalue weighted by molar-refractivity contribution is -0.130. The van der Waals surface area contributed by atoms with Gasteiger partial charge in [0.1, 0.15) is 0 Å². The molecule has 2 nitrogen and oxygen atoms in total. The van der Waals surface area contributed by atoms with Crippen molar-refractivity contribution in [2.45, 2.75) is 32.6 Å². The summed E-state index contributed by atoms with van der Waals surface area (Å²) < 4.78 is 0. The van der Waals surface area contributed by atoms with Crippen LogP contribution in [0.3, 0.4) is 0 Å². The van der Waals surface area contributed by atoms with Crippen molar-refractivity contribution in [1.82, 2.24) is 4.90 Å². The van der Waals surface area contributed by atoms with Crippen LogP contribution in [0.25, 0.3) is 0 Å². The maximum Gasteiger partial charge on any atom is 0.226 e. The minimum absolute atomic E-state index is 0.279. The minimum Gasteiger partial charge on any atom is -0.319 e. The predicted molar refractivity (Wildman–Crippen MR) is 45.0 cm³/mol. The van der Waals surface area contributed by atoms with Gasteiger partial charge in [0, 0.05) is 19.2 Å². The number of amides is 1. The highest BCUT2D eigenvalue weighted by Crippen LogP contribution is 2.10. The second kappa shape index (κ2) is 4.16. The van der Waals surface area contributed by atoms with Gasteiger partial charge in [-0.15, -0.1) is 0 Å². The summed E-state index contributed by atoms with van der Waals surface area (Å²) in [6.07, 6.45) is 7.90. The van der Waals surface area contributed by atoms with E-state index in [2.05, 4.69) is 6.92 Å². The second-order valence-corrected chi connectivity index (χ2v) is 2.84. The zero-order valence-corrected chi connectivity index (χ0v) is 7.05. The highest BCUT2D eigenvalue weighted by molar-refractivity contribution is 5.77. The van der Waals surface area contributed by atoms with Crippen molar-refractivity contribution in [2.75, 3.05) is 6.54 Å². The molecule has 1 aliphatic heterocycles. The Morgan fingerprint density at radius 2 is 2.36 bits per heavy atom. The Balaban J connectivity index is 2.41. The van der Waals surface area contributed by atoms with Crippen molar-refractivity contribution in [1.29, 1.82) is 0 Å². The molecule has 0 aromatic heterocycles.